The van der Waals surface area contributed by atoms with Crippen molar-refractivity contribution in [2.75, 3.05) is 14.2 Å². The molecule has 1 unspecified atom stereocenters. The maximum absolute atomic E-state index is 12.4. The molecule has 1 aliphatic heterocycles. The van der Waals surface area contributed by atoms with Gasteiger partial charge in [-0.1, -0.05) is 31.2 Å². The van der Waals surface area contributed by atoms with Crippen LogP contribution in [0.3, 0.4) is 0 Å². The molecule has 23 heavy (non-hydrogen) atoms. The molecule has 0 aromatic heterocycles. The summed E-state index contributed by atoms with van der Waals surface area (Å²) in [5, 5.41) is 1.10. The molecular formula is C17H20N2O4. The molecule has 0 bridgehead atoms. The average molecular weight is 316 g/mol. The van der Waals surface area contributed by atoms with Crippen LogP contribution in [0.1, 0.15) is 13.3 Å². The Hall–Kier alpha value is -2.60. The van der Waals surface area contributed by atoms with Crippen LogP contribution in [0.15, 0.2) is 54.3 Å². The van der Waals surface area contributed by atoms with Gasteiger partial charge in [0.05, 0.1) is 18.7 Å². The SMILES string of the molecule is CCC1C=CC(C(=O)N(C)OC)=CN1C(=O)Oc1ccccc1. The van der Waals surface area contributed by atoms with Gasteiger partial charge in [0.25, 0.3) is 5.91 Å². The molecule has 1 aromatic carbocycles. The van der Waals surface area contributed by atoms with Gasteiger partial charge in [-0.2, -0.15) is 0 Å². The predicted octanol–water partition coefficient (Wildman–Crippen LogP) is 2.74. The van der Waals surface area contributed by atoms with E-state index in [-0.39, 0.29) is 11.9 Å². The average Bonchev–Trinajstić information content (AvgIpc) is 2.60. The second-order valence-corrected chi connectivity index (χ2v) is 4.99. The molecule has 2 rings (SSSR count). The van der Waals surface area contributed by atoms with Crippen LogP contribution in [0.5, 0.6) is 5.75 Å². The summed E-state index contributed by atoms with van der Waals surface area (Å²) in [7, 11) is 2.91. The van der Waals surface area contributed by atoms with Gasteiger partial charge in [-0.15, -0.1) is 0 Å². The van der Waals surface area contributed by atoms with Gasteiger partial charge in [-0.25, -0.2) is 9.86 Å². The van der Waals surface area contributed by atoms with Crippen molar-refractivity contribution in [2.24, 2.45) is 0 Å². The molecule has 1 heterocycles. The van der Waals surface area contributed by atoms with Crippen molar-refractivity contribution < 1.29 is 19.2 Å². The molecule has 122 valence electrons. The molecule has 1 atom stereocenters. The Labute approximate surface area is 135 Å². The molecule has 0 radical (unpaired) electrons. The molecule has 0 fully saturated rings. The van der Waals surface area contributed by atoms with Crippen LogP contribution in [-0.2, 0) is 9.63 Å². The van der Waals surface area contributed by atoms with Gasteiger partial charge >= 0.3 is 6.09 Å². The minimum Gasteiger partial charge on any atom is -0.410 e. The van der Waals surface area contributed by atoms with E-state index in [9.17, 15) is 9.59 Å². The van der Waals surface area contributed by atoms with Crippen molar-refractivity contribution >= 4 is 12.0 Å². The maximum Gasteiger partial charge on any atom is 0.419 e. The standard InChI is InChI=1S/C17H20N2O4/c1-4-14-11-10-13(16(20)18(2)22-3)12-19(14)17(21)23-15-8-6-5-7-9-15/h5-12,14H,4H2,1-3H3. The molecule has 0 spiro atoms. The van der Waals surface area contributed by atoms with E-state index >= 15 is 0 Å². The molecule has 1 aromatic rings. The lowest BCUT2D eigenvalue weighted by Gasteiger charge is -2.29. The molecule has 6 nitrogen and oxygen atoms in total. The van der Waals surface area contributed by atoms with Crippen molar-refractivity contribution in [3.8, 4) is 5.75 Å². The Morgan fingerprint density at radius 1 is 1.26 bits per heavy atom. The number of ether oxygens (including phenoxy) is 1. The number of likely N-dealkylation sites (N-methyl/N-ethyl adjacent to an activating group) is 1. The highest BCUT2D eigenvalue weighted by Gasteiger charge is 2.26. The first-order chi connectivity index (χ1) is 11.1. The number of hydroxylamine groups is 2. The largest absolute Gasteiger partial charge is 0.419 e. The monoisotopic (exact) mass is 316 g/mol. The van der Waals surface area contributed by atoms with E-state index in [2.05, 4.69) is 0 Å². The zero-order chi connectivity index (χ0) is 16.8. The Kier molecular flexibility index (Phi) is 5.54. The Bertz CT molecular complexity index is 625. The highest BCUT2D eigenvalue weighted by Crippen LogP contribution is 2.20. The molecule has 6 heteroatoms. The number of rotatable bonds is 4. The molecule has 0 saturated carbocycles. The third-order valence-corrected chi connectivity index (χ3v) is 3.52. The van der Waals surface area contributed by atoms with Gasteiger partial charge in [-0.3, -0.25) is 14.5 Å². The van der Waals surface area contributed by atoms with Crippen molar-refractivity contribution in [1.29, 1.82) is 0 Å². The minimum atomic E-state index is -0.530. The van der Waals surface area contributed by atoms with Crippen LogP contribution >= 0.6 is 0 Å². The highest BCUT2D eigenvalue weighted by atomic mass is 16.7. The fourth-order valence-electron chi connectivity index (χ4n) is 2.15. The summed E-state index contributed by atoms with van der Waals surface area (Å²) >= 11 is 0. The number of carbonyl (C=O) groups excluding carboxylic acids is 2. The van der Waals surface area contributed by atoms with E-state index in [4.69, 9.17) is 9.57 Å². The molecule has 1 aliphatic rings. The lowest BCUT2D eigenvalue weighted by molar-refractivity contribution is -0.163. The fraction of sp³-hybridized carbons (Fsp3) is 0.294. The van der Waals surface area contributed by atoms with E-state index in [1.165, 1.54) is 25.3 Å². The smallest absolute Gasteiger partial charge is 0.410 e. The fourth-order valence-corrected chi connectivity index (χ4v) is 2.15. The Morgan fingerprint density at radius 3 is 2.57 bits per heavy atom. The lowest BCUT2D eigenvalue weighted by atomic mass is 10.1. The zero-order valence-electron chi connectivity index (χ0n) is 13.4. The summed E-state index contributed by atoms with van der Waals surface area (Å²) in [6.45, 7) is 1.96. The van der Waals surface area contributed by atoms with Gasteiger partial charge in [0, 0.05) is 13.2 Å². The van der Waals surface area contributed by atoms with Gasteiger partial charge in [0.1, 0.15) is 5.75 Å². The topological polar surface area (TPSA) is 59.1 Å². The first kappa shape index (κ1) is 16.8. The summed E-state index contributed by atoms with van der Waals surface area (Å²) in [5.74, 6) is 0.119. The van der Waals surface area contributed by atoms with Crippen LogP contribution in [0.2, 0.25) is 0 Å². The second kappa shape index (κ2) is 7.60. The van der Waals surface area contributed by atoms with Gasteiger partial charge < -0.3 is 4.74 Å². The van der Waals surface area contributed by atoms with Crippen LogP contribution in [0.4, 0.5) is 4.79 Å². The highest BCUT2D eigenvalue weighted by molar-refractivity contribution is 5.96. The molecule has 2 amide bonds. The van der Waals surface area contributed by atoms with E-state index < -0.39 is 6.09 Å². The number of para-hydroxylation sites is 1. The summed E-state index contributed by atoms with van der Waals surface area (Å²) in [5.41, 5.74) is 0.351. The normalized spacial score (nSPS) is 16.7. The van der Waals surface area contributed by atoms with Crippen molar-refractivity contribution in [3.05, 3.63) is 54.3 Å². The number of hydrogen-bond donors (Lipinski definition) is 0. The molecule has 0 aliphatic carbocycles. The van der Waals surface area contributed by atoms with Gasteiger partial charge in [-0.05, 0) is 24.6 Å². The number of hydrogen-bond acceptors (Lipinski definition) is 4. The first-order valence-electron chi connectivity index (χ1n) is 7.34. The third-order valence-electron chi connectivity index (χ3n) is 3.52. The lowest BCUT2D eigenvalue weighted by Crippen LogP contribution is -2.40. The van der Waals surface area contributed by atoms with Crippen LogP contribution in [-0.4, -0.2) is 42.2 Å². The van der Waals surface area contributed by atoms with Crippen LogP contribution < -0.4 is 4.74 Å². The number of nitrogens with zero attached hydrogens (tertiary/aromatic N) is 2. The maximum atomic E-state index is 12.4. The Balaban J connectivity index is 2.19. The number of amides is 2. The van der Waals surface area contributed by atoms with Crippen molar-refractivity contribution in [1.82, 2.24) is 9.96 Å². The van der Waals surface area contributed by atoms with E-state index in [1.807, 2.05) is 19.1 Å². The van der Waals surface area contributed by atoms with Gasteiger partial charge in [0.15, 0.2) is 0 Å². The van der Waals surface area contributed by atoms with Crippen molar-refractivity contribution in [2.45, 2.75) is 19.4 Å². The van der Waals surface area contributed by atoms with E-state index in [0.29, 0.717) is 17.7 Å². The van der Waals surface area contributed by atoms with Gasteiger partial charge in [0.2, 0.25) is 0 Å². The molecular weight excluding hydrogens is 296 g/mol. The summed E-state index contributed by atoms with van der Waals surface area (Å²) in [4.78, 5) is 30.9. The molecule has 0 N–H and O–H groups in total. The first-order valence-corrected chi connectivity index (χ1v) is 7.34. The predicted molar refractivity (Wildman–Crippen MR) is 85.4 cm³/mol. The van der Waals surface area contributed by atoms with E-state index in [0.717, 1.165) is 5.06 Å². The third kappa shape index (κ3) is 3.98. The summed E-state index contributed by atoms with van der Waals surface area (Å²) in [6.07, 6.45) is 5.18. The second-order valence-electron chi connectivity index (χ2n) is 4.99. The zero-order valence-corrected chi connectivity index (χ0v) is 13.4. The summed E-state index contributed by atoms with van der Waals surface area (Å²) < 4.78 is 5.35. The van der Waals surface area contributed by atoms with E-state index in [1.54, 1.807) is 30.3 Å². The Morgan fingerprint density at radius 2 is 1.96 bits per heavy atom. The van der Waals surface area contributed by atoms with Crippen molar-refractivity contribution in [3.63, 3.8) is 0 Å². The number of benzene rings is 1. The quantitative estimate of drug-likeness (QED) is 0.801. The van der Waals surface area contributed by atoms with Crippen LogP contribution in [0.25, 0.3) is 0 Å². The minimum absolute atomic E-state index is 0.157. The van der Waals surface area contributed by atoms with Crippen LogP contribution in [0, 0.1) is 0 Å². The molecule has 0 saturated heterocycles. The number of carbonyl (C=O) groups is 2. The summed E-state index contributed by atoms with van der Waals surface area (Å²) in [6, 6.07) is 8.66.